The van der Waals surface area contributed by atoms with Gasteiger partial charge >= 0.3 is 0 Å². The zero-order chi connectivity index (χ0) is 8.39. The van der Waals surface area contributed by atoms with Crippen molar-refractivity contribution in [1.82, 2.24) is 19.6 Å². The molecule has 0 amide bonds. The maximum absolute atomic E-state index is 8.73. The number of rotatable bonds is 2. The first-order valence-corrected chi connectivity index (χ1v) is 3.65. The fraction of sp³-hybridized carbons (Fsp3) is 0.286. The summed E-state index contributed by atoms with van der Waals surface area (Å²) >= 11 is 0. The van der Waals surface area contributed by atoms with Gasteiger partial charge in [-0.1, -0.05) is 0 Å². The molecule has 2 rings (SSSR count). The molecule has 0 unspecified atom stereocenters. The van der Waals surface area contributed by atoms with Crippen LogP contribution in [0.5, 0.6) is 0 Å². The Morgan fingerprint density at radius 3 is 3.17 bits per heavy atom. The van der Waals surface area contributed by atoms with Gasteiger partial charge in [0.2, 0.25) is 0 Å². The number of aliphatic hydroxyl groups excluding tert-OH is 1. The molecule has 12 heavy (non-hydrogen) atoms. The van der Waals surface area contributed by atoms with Crippen molar-refractivity contribution < 1.29 is 5.11 Å². The molecule has 0 radical (unpaired) electrons. The minimum atomic E-state index is 0.0979. The number of aromatic nitrogens is 4. The lowest BCUT2D eigenvalue weighted by atomic mass is 10.3. The van der Waals surface area contributed by atoms with Crippen molar-refractivity contribution in [2.24, 2.45) is 0 Å². The second-order valence-corrected chi connectivity index (χ2v) is 2.40. The molecule has 5 heteroatoms. The Morgan fingerprint density at radius 1 is 1.42 bits per heavy atom. The molecule has 0 fully saturated rings. The van der Waals surface area contributed by atoms with Crippen LogP contribution in [0.15, 0.2) is 18.7 Å². The van der Waals surface area contributed by atoms with Crippen LogP contribution in [0, 0.1) is 0 Å². The lowest BCUT2D eigenvalue weighted by molar-refractivity contribution is 0.297. The summed E-state index contributed by atoms with van der Waals surface area (Å²) in [4.78, 5) is 7.94. The van der Waals surface area contributed by atoms with Crippen molar-refractivity contribution in [1.29, 1.82) is 0 Å². The molecular formula is C7H8N4O. The third-order valence-corrected chi connectivity index (χ3v) is 1.63. The SMILES string of the molecule is OCCc1cncc2ncnn12. The Balaban J connectivity index is 2.57. The highest BCUT2D eigenvalue weighted by Crippen LogP contribution is 2.00. The molecule has 0 atom stereocenters. The van der Waals surface area contributed by atoms with E-state index in [2.05, 4.69) is 15.1 Å². The summed E-state index contributed by atoms with van der Waals surface area (Å²) in [6.45, 7) is 0.0979. The Morgan fingerprint density at radius 2 is 2.33 bits per heavy atom. The Hall–Kier alpha value is -1.49. The van der Waals surface area contributed by atoms with E-state index in [1.165, 1.54) is 6.33 Å². The molecule has 1 N–H and O–H groups in total. The van der Waals surface area contributed by atoms with Crippen molar-refractivity contribution >= 4 is 5.65 Å². The van der Waals surface area contributed by atoms with Crippen LogP contribution < -0.4 is 0 Å². The molecule has 0 saturated carbocycles. The van der Waals surface area contributed by atoms with Crippen LogP contribution in [0.1, 0.15) is 5.69 Å². The maximum atomic E-state index is 8.73. The summed E-state index contributed by atoms with van der Waals surface area (Å²) in [6.07, 6.45) is 5.33. The van der Waals surface area contributed by atoms with Gasteiger partial charge in [-0.3, -0.25) is 4.98 Å². The van der Waals surface area contributed by atoms with Crippen molar-refractivity contribution in [2.45, 2.75) is 6.42 Å². The van der Waals surface area contributed by atoms with E-state index in [-0.39, 0.29) is 6.61 Å². The summed E-state index contributed by atoms with van der Waals surface area (Å²) < 4.78 is 1.67. The third-order valence-electron chi connectivity index (χ3n) is 1.63. The molecule has 0 aliphatic rings. The molecule has 0 spiro atoms. The molecule has 0 aliphatic carbocycles. The lowest BCUT2D eigenvalue weighted by Gasteiger charge is -1.99. The summed E-state index contributed by atoms with van der Waals surface area (Å²) in [5.41, 5.74) is 1.58. The predicted octanol–water partition coefficient (Wildman–Crippen LogP) is -0.341. The minimum absolute atomic E-state index is 0.0979. The van der Waals surface area contributed by atoms with Gasteiger partial charge in [-0.25, -0.2) is 9.50 Å². The highest BCUT2D eigenvalue weighted by atomic mass is 16.3. The zero-order valence-electron chi connectivity index (χ0n) is 6.38. The normalized spacial score (nSPS) is 10.8. The second-order valence-electron chi connectivity index (χ2n) is 2.40. The Labute approximate surface area is 68.7 Å². The van der Waals surface area contributed by atoms with Gasteiger partial charge in [0.05, 0.1) is 11.9 Å². The van der Waals surface area contributed by atoms with Gasteiger partial charge in [0.1, 0.15) is 6.33 Å². The van der Waals surface area contributed by atoms with Crippen LogP contribution in [-0.4, -0.2) is 31.3 Å². The summed E-state index contributed by atoms with van der Waals surface area (Å²) in [6, 6.07) is 0. The van der Waals surface area contributed by atoms with E-state index < -0.39 is 0 Å². The van der Waals surface area contributed by atoms with Crippen molar-refractivity contribution in [3.63, 3.8) is 0 Å². The second kappa shape index (κ2) is 2.86. The van der Waals surface area contributed by atoms with Crippen LogP contribution in [0.25, 0.3) is 5.65 Å². The average Bonchev–Trinajstić information content (AvgIpc) is 2.53. The summed E-state index contributed by atoms with van der Waals surface area (Å²) in [5.74, 6) is 0. The number of aliphatic hydroxyl groups is 1. The third kappa shape index (κ3) is 1.04. The van der Waals surface area contributed by atoms with E-state index in [1.54, 1.807) is 16.9 Å². The highest BCUT2D eigenvalue weighted by Gasteiger charge is 2.00. The summed E-state index contributed by atoms with van der Waals surface area (Å²) in [5, 5.41) is 12.7. The molecule has 2 aromatic heterocycles. The first kappa shape index (κ1) is 7.17. The highest BCUT2D eigenvalue weighted by molar-refractivity contribution is 5.33. The predicted molar refractivity (Wildman–Crippen MR) is 41.6 cm³/mol. The van der Waals surface area contributed by atoms with Gasteiger partial charge in [0.25, 0.3) is 0 Å². The first-order chi connectivity index (χ1) is 5.92. The molecule has 62 valence electrons. The van der Waals surface area contributed by atoms with Gasteiger partial charge in [-0.15, -0.1) is 0 Å². The number of hydrogen-bond acceptors (Lipinski definition) is 4. The molecule has 5 nitrogen and oxygen atoms in total. The molecule has 0 saturated heterocycles. The Bertz CT molecular complexity index is 384. The molecule has 2 heterocycles. The molecular weight excluding hydrogens is 156 g/mol. The number of hydrogen-bond donors (Lipinski definition) is 1. The Kier molecular flexibility index (Phi) is 1.71. The van der Waals surface area contributed by atoms with Crippen molar-refractivity contribution in [3.8, 4) is 0 Å². The van der Waals surface area contributed by atoms with E-state index in [1.807, 2.05) is 0 Å². The number of nitrogens with zero attached hydrogens (tertiary/aromatic N) is 4. The lowest BCUT2D eigenvalue weighted by Crippen LogP contribution is -2.01. The van der Waals surface area contributed by atoms with Gasteiger partial charge in [-0.2, -0.15) is 5.10 Å². The van der Waals surface area contributed by atoms with Crippen LogP contribution >= 0.6 is 0 Å². The molecule has 2 aromatic rings. The van der Waals surface area contributed by atoms with Crippen LogP contribution in [0.4, 0.5) is 0 Å². The molecule has 0 bridgehead atoms. The monoisotopic (exact) mass is 164 g/mol. The van der Waals surface area contributed by atoms with Gasteiger partial charge in [0.15, 0.2) is 5.65 Å². The van der Waals surface area contributed by atoms with Gasteiger partial charge in [-0.05, 0) is 0 Å². The standard InChI is InChI=1S/C7H8N4O/c12-2-1-6-3-8-4-7-9-5-10-11(6)7/h3-5,12H,1-2H2. The van der Waals surface area contributed by atoms with Gasteiger partial charge < -0.3 is 5.11 Å². The maximum Gasteiger partial charge on any atom is 0.173 e. The summed E-state index contributed by atoms with van der Waals surface area (Å²) in [7, 11) is 0. The van der Waals surface area contributed by atoms with Crippen LogP contribution in [0.2, 0.25) is 0 Å². The van der Waals surface area contributed by atoms with E-state index in [0.29, 0.717) is 12.1 Å². The smallest absolute Gasteiger partial charge is 0.173 e. The topological polar surface area (TPSA) is 63.3 Å². The van der Waals surface area contributed by atoms with Crippen LogP contribution in [0.3, 0.4) is 0 Å². The average molecular weight is 164 g/mol. The largest absolute Gasteiger partial charge is 0.396 e. The van der Waals surface area contributed by atoms with E-state index in [9.17, 15) is 0 Å². The molecule has 0 aromatic carbocycles. The van der Waals surface area contributed by atoms with E-state index in [4.69, 9.17) is 5.11 Å². The zero-order valence-corrected chi connectivity index (χ0v) is 6.38. The molecule has 0 aliphatic heterocycles. The van der Waals surface area contributed by atoms with E-state index in [0.717, 1.165) is 5.69 Å². The van der Waals surface area contributed by atoms with E-state index >= 15 is 0 Å². The van der Waals surface area contributed by atoms with Crippen molar-refractivity contribution in [3.05, 3.63) is 24.4 Å². The quantitative estimate of drug-likeness (QED) is 0.659. The number of fused-ring (bicyclic) bond motifs is 1. The van der Waals surface area contributed by atoms with Crippen molar-refractivity contribution in [2.75, 3.05) is 6.61 Å². The fourth-order valence-corrected chi connectivity index (χ4v) is 1.09. The first-order valence-electron chi connectivity index (χ1n) is 3.65. The van der Waals surface area contributed by atoms with Crippen LogP contribution in [-0.2, 0) is 6.42 Å². The fourth-order valence-electron chi connectivity index (χ4n) is 1.09. The minimum Gasteiger partial charge on any atom is -0.396 e. The van der Waals surface area contributed by atoms with Gasteiger partial charge in [0, 0.05) is 19.2 Å².